The summed E-state index contributed by atoms with van der Waals surface area (Å²) in [5.41, 5.74) is 0.748. The maximum atomic E-state index is 12.6. The summed E-state index contributed by atoms with van der Waals surface area (Å²) in [6.45, 7) is 2.84. The number of para-hydroxylation sites is 1. The van der Waals surface area contributed by atoms with Gasteiger partial charge in [0.15, 0.2) is 11.6 Å². The van der Waals surface area contributed by atoms with Crippen LogP contribution in [-0.2, 0) is 0 Å². The number of nitrogens with zero attached hydrogens (tertiary/aromatic N) is 4. The van der Waals surface area contributed by atoms with Gasteiger partial charge in [-0.05, 0) is 12.1 Å². The highest BCUT2D eigenvalue weighted by molar-refractivity contribution is 6.99. The molecule has 1 aliphatic rings. The Bertz CT molecular complexity index is 758. The summed E-state index contributed by atoms with van der Waals surface area (Å²) in [7, 11) is 0. The van der Waals surface area contributed by atoms with Gasteiger partial charge in [-0.2, -0.15) is 8.75 Å². The molecule has 3 aromatic rings. The van der Waals surface area contributed by atoms with Crippen molar-refractivity contribution in [2.24, 2.45) is 0 Å². The van der Waals surface area contributed by atoms with E-state index in [2.05, 4.69) is 13.6 Å². The van der Waals surface area contributed by atoms with Crippen molar-refractivity contribution in [3.05, 3.63) is 42.3 Å². The van der Waals surface area contributed by atoms with E-state index in [0.29, 0.717) is 18.8 Å². The molecule has 1 fully saturated rings. The predicted octanol–water partition coefficient (Wildman–Crippen LogP) is 2.25. The van der Waals surface area contributed by atoms with E-state index in [1.807, 2.05) is 35.2 Å². The number of piperazine rings is 1. The minimum absolute atomic E-state index is 0.0488. The van der Waals surface area contributed by atoms with Gasteiger partial charge >= 0.3 is 0 Å². The van der Waals surface area contributed by atoms with E-state index in [4.69, 9.17) is 4.42 Å². The molecule has 0 unspecified atom stereocenters. The monoisotopic (exact) mass is 314 g/mol. The van der Waals surface area contributed by atoms with Crippen molar-refractivity contribution < 1.29 is 9.21 Å². The number of benzene rings is 1. The molecule has 1 aliphatic heterocycles. The molecular weight excluding hydrogens is 300 g/mol. The fraction of sp³-hybridized carbons (Fsp3) is 0.267. The third kappa shape index (κ3) is 2.33. The van der Waals surface area contributed by atoms with Crippen LogP contribution in [0.4, 0.5) is 5.82 Å². The SMILES string of the molecule is O=C(c1cc2ccccc2o1)N1CCN(c2cnsn2)CC1. The maximum Gasteiger partial charge on any atom is 0.289 e. The number of hydrogen-bond donors (Lipinski definition) is 0. The standard InChI is InChI=1S/C15H14N4O2S/c20-15(13-9-11-3-1-2-4-12(11)21-13)19-7-5-18(6-8-19)14-10-16-22-17-14/h1-4,9-10H,5-8H2. The van der Waals surface area contributed by atoms with Crippen molar-refractivity contribution >= 4 is 34.4 Å². The van der Waals surface area contributed by atoms with E-state index in [1.54, 1.807) is 6.20 Å². The average Bonchev–Trinajstić information content (AvgIpc) is 3.23. The molecule has 4 rings (SSSR count). The fourth-order valence-corrected chi connectivity index (χ4v) is 3.12. The molecule has 112 valence electrons. The molecule has 7 heteroatoms. The number of aromatic nitrogens is 2. The molecular formula is C15H14N4O2S. The van der Waals surface area contributed by atoms with Crippen LogP contribution in [0.25, 0.3) is 11.0 Å². The van der Waals surface area contributed by atoms with Gasteiger partial charge in [-0.15, -0.1) is 0 Å². The van der Waals surface area contributed by atoms with Crippen LogP contribution in [0, 0.1) is 0 Å². The second kappa shape index (κ2) is 5.42. The Hall–Kier alpha value is -2.41. The topological polar surface area (TPSA) is 62.5 Å². The molecule has 1 saturated heterocycles. The Kier molecular flexibility index (Phi) is 3.27. The first-order valence-electron chi connectivity index (χ1n) is 7.11. The van der Waals surface area contributed by atoms with E-state index in [-0.39, 0.29) is 5.91 Å². The fourth-order valence-electron chi connectivity index (χ4n) is 2.68. The number of amides is 1. The molecule has 2 aromatic heterocycles. The van der Waals surface area contributed by atoms with E-state index in [0.717, 1.165) is 29.9 Å². The number of anilines is 1. The first-order chi connectivity index (χ1) is 10.8. The lowest BCUT2D eigenvalue weighted by Gasteiger charge is -2.34. The summed E-state index contributed by atoms with van der Waals surface area (Å²) >= 11 is 1.20. The van der Waals surface area contributed by atoms with Gasteiger partial charge in [-0.3, -0.25) is 4.79 Å². The maximum absolute atomic E-state index is 12.6. The van der Waals surface area contributed by atoms with Crippen molar-refractivity contribution in [2.75, 3.05) is 31.1 Å². The van der Waals surface area contributed by atoms with Gasteiger partial charge in [-0.25, -0.2) is 0 Å². The molecule has 0 bridgehead atoms. The lowest BCUT2D eigenvalue weighted by atomic mass is 10.2. The van der Waals surface area contributed by atoms with Crippen molar-refractivity contribution in [3.63, 3.8) is 0 Å². The molecule has 0 saturated carbocycles. The van der Waals surface area contributed by atoms with Crippen LogP contribution >= 0.6 is 11.7 Å². The predicted molar refractivity (Wildman–Crippen MR) is 84.2 cm³/mol. The van der Waals surface area contributed by atoms with E-state index >= 15 is 0 Å². The highest BCUT2D eigenvalue weighted by Gasteiger charge is 2.25. The van der Waals surface area contributed by atoms with E-state index < -0.39 is 0 Å². The number of carbonyl (C=O) groups is 1. The molecule has 6 nitrogen and oxygen atoms in total. The zero-order valence-electron chi connectivity index (χ0n) is 11.8. The summed E-state index contributed by atoms with van der Waals surface area (Å²) in [4.78, 5) is 16.5. The number of furan rings is 1. The lowest BCUT2D eigenvalue weighted by molar-refractivity contribution is 0.0717. The molecule has 1 aromatic carbocycles. The van der Waals surface area contributed by atoms with E-state index in [9.17, 15) is 4.79 Å². The van der Waals surface area contributed by atoms with Crippen molar-refractivity contribution in [1.82, 2.24) is 13.6 Å². The minimum atomic E-state index is -0.0488. The Morgan fingerprint density at radius 1 is 1.18 bits per heavy atom. The van der Waals surface area contributed by atoms with Crippen molar-refractivity contribution in [3.8, 4) is 0 Å². The van der Waals surface area contributed by atoms with Crippen LogP contribution in [0.2, 0.25) is 0 Å². The Morgan fingerprint density at radius 3 is 2.73 bits per heavy atom. The van der Waals surface area contributed by atoms with Crippen LogP contribution in [-0.4, -0.2) is 45.7 Å². The Balaban J connectivity index is 1.47. The number of carbonyl (C=O) groups excluding carboxylic acids is 1. The summed E-state index contributed by atoms with van der Waals surface area (Å²) < 4.78 is 13.9. The minimum Gasteiger partial charge on any atom is -0.451 e. The number of hydrogen-bond acceptors (Lipinski definition) is 6. The van der Waals surface area contributed by atoms with E-state index in [1.165, 1.54) is 11.7 Å². The van der Waals surface area contributed by atoms with Gasteiger partial charge in [0.2, 0.25) is 0 Å². The highest BCUT2D eigenvalue weighted by atomic mass is 32.1. The second-order valence-corrected chi connectivity index (χ2v) is 5.75. The van der Waals surface area contributed by atoms with Gasteiger partial charge in [0, 0.05) is 31.6 Å². The highest BCUT2D eigenvalue weighted by Crippen LogP contribution is 2.21. The molecule has 0 radical (unpaired) electrons. The average molecular weight is 314 g/mol. The first kappa shape index (κ1) is 13.3. The van der Waals surface area contributed by atoms with Gasteiger partial charge in [0.1, 0.15) is 5.58 Å². The molecule has 22 heavy (non-hydrogen) atoms. The Labute approximate surface area is 131 Å². The normalized spacial score (nSPS) is 15.5. The zero-order chi connectivity index (χ0) is 14.9. The lowest BCUT2D eigenvalue weighted by Crippen LogP contribution is -2.48. The number of fused-ring (bicyclic) bond motifs is 1. The van der Waals surface area contributed by atoms with Crippen LogP contribution in [0.1, 0.15) is 10.6 Å². The van der Waals surface area contributed by atoms with Gasteiger partial charge < -0.3 is 14.2 Å². The van der Waals surface area contributed by atoms with Crippen LogP contribution in [0.15, 0.2) is 40.9 Å². The number of rotatable bonds is 2. The molecule has 0 N–H and O–H groups in total. The third-order valence-corrected chi connectivity index (χ3v) is 4.35. The summed E-state index contributed by atoms with van der Waals surface area (Å²) in [6, 6.07) is 9.48. The van der Waals surface area contributed by atoms with Gasteiger partial charge in [-0.1, -0.05) is 18.2 Å². The third-order valence-electron chi connectivity index (χ3n) is 3.88. The largest absolute Gasteiger partial charge is 0.451 e. The summed E-state index contributed by atoms with van der Waals surface area (Å²) in [5.74, 6) is 1.25. The van der Waals surface area contributed by atoms with Gasteiger partial charge in [0.25, 0.3) is 5.91 Å². The van der Waals surface area contributed by atoms with Gasteiger partial charge in [0.05, 0.1) is 17.9 Å². The smallest absolute Gasteiger partial charge is 0.289 e. The summed E-state index contributed by atoms with van der Waals surface area (Å²) in [6.07, 6.45) is 1.77. The first-order valence-corrected chi connectivity index (χ1v) is 7.85. The second-order valence-electron chi connectivity index (χ2n) is 5.19. The summed E-state index contributed by atoms with van der Waals surface area (Å²) in [5, 5.41) is 0.957. The van der Waals surface area contributed by atoms with Crippen LogP contribution in [0.5, 0.6) is 0 Å². The molecule has 0 aliphatic carbocycles. The zero-order valence-corrected chi connectivity index (χ0v) is 12.6. The van der Waals surface area contributed by atoms with Crippen LogP contribution < -0.4 is 4.90 Å². The molecule has 3 heterocycles. The molecule has 0 atom stereocenters. The quantitative estimate of drug-likeness (QED) is 0.726. The van der Waals surface area contributed by atoms with Crippen LogP contribution in [0.3, 0.4) is 0 Å². The molecule has 1 amide bonds. The van der Waals surface area contributed by atoms with Crippen molar-refractivity contribution in [1.29, 1.82) is 0 Å². The Morgan fingerprint density at radius 2 is 2.00 bits per heavy atom. The molecule has 0 spiro atoms. The van der Waals surface area contributed by atoms with Crippen molar-refractivity contribution in [2.45, 2.75) is 0 Å².